The van der Waals surface area contributed by atoms with Crippen molar-refractivity contribution in [3.05, 3.63) is 57.3 Å². The second kappa shape index (κ2) is 6.22. The van der Waals surface area contributed by atoms with Crippen molar-refractivity contribution in [1.82, 2.24) is 4.98 Å². The first-order valence-electron chi connectivity index (χ1n) is 6.87. The molecule has 0 amide bonds. The number of nitrogens with zero attached hydrogens (tertiary/aromatic N) is 1. The smallest absolute Gasteiger partial charge is 0.122 e. The number of pyridine rings is 1. The molecule has 2 aromatic rings. The van der Waals surface area contributed by atoms with Crippen LogP contribution in [0.25, 0.3) is 0 Å². The third-order valence-corrected chi connectivity index (χ3v) is 4.12. The number of aromatic nitrogens is 1. The summed E-state index contributed by atoms with van der Waals surface area (Å²) in [6, 6.07) is 7.78. The van der Waals surface area contributed by atoms with Gasteiger partial charge in [0.15, 0.2) is 0 Å². The number of hydrogen-bond donors (Lipinski definition) is 1. The second-order valence-electron chi connectivity index (χ2n) is 5.12. The van der Waals surface area contributed by atoms with Crippen LogP contribution in [0.5, 0.6) is 5.75 Å². The van der Waals surface area contributed by atoms with Gasteiger partial charge < -0.3 is 9.84 Å². The summed E-state index contributed by atoms with van der Waals surface area (Å²) in [5.74, 6) is 0.974. The van der Waals surface area contributed by atoms with Gasteiger partial charge in [-0.3, -0.25) is 4.98 Å². The minimum absolute atomic E-state index is 0.400. The van der Waals surface area contributed by atoms with Crippen molar-refractivity contribution in [2.45, 2.75) is 25.4 Å². The molecule has 110 valence electrons. The Morgan fingerprint density at radius 2 is 2.14 bits per heavy atom. The maximum Gasteiger partial charge on any atom is 0.122 e. The number of halogens is 2. The van der Waals surface area contributed by atoms with Crippen molar-refractivity contribution in [2.75, 3.05) is 6.61 Å². The van der Waals surface area contributed by atoms with Crippen molar-refractivity contribution in [1.29, 1.82) is 0 Å². The third kappa shape index (κ3) is 3.31. The highest BCUT2D eigenvalue weighted by atomic mass is 35.5. The third-order valence-electron chi connectivity index (χ3n) is 3.61. The molecule has 0 aliphatic carbocycles. The molecule has 1 aliphatic heterocycles. The molecule has 3 nitrogen and oxygen atoms in total. The van der Waals surface area contributed by atoms with E-state index in [-0.39, 0.29) is 0 Å². The Labute approximate surface area is 133 Å². The molecule has 3 rings (SSSR count). The first-order valence-corrected chi connectivity index (χ1v) is 7.62. The molecule has 1 N–H and O–H groups in total. The summed E-state index contributed by atoms with van der Waals surface area (Å²) in [5, 5.41) is 11.1. The maximum absolute atomic E-state index is 10.2. The second-order valence-corrected chi connectivity index (χ2v) is 5.96. The molecule has 21 heavy (non-hydrogen) atoms. The molecule has 0 saturated heterocycles. The Morgan fingerprint density at radius 3 is 2.95 bits per heavy atom. The van der Waals surface area contributed by atoms with Crippen LogP contribution in [0.1, 0.15) is 29.3 Å². The van der Waals surface area contributed by atoms with Gasteiger partial charge in [0, 0.05) is 12.6 Å². The number of fused-ring (bicyclic) bond motifs is 1. The Morgan fingerprint density at radius 1 is 1.29 bits per heavy atom. The molecule has 5 heteroatoms. The number of benzene rings is 1. The van der Waals surface area contributed by atoms with E-state index in [1.54, 1.807) is 6.07 Å². The van der Waals surface area contributed by atoms with Gasteiger partial charge in [-0.1, -0.05) is 35.3 Å². The van der Waals surface area contributed by atoms with Crippen molar-refractivity contribution in [3.63, 3.8) is 0 Å². The van der Waals surface area contributed by atoms with E-state index in [9.17, 15) is 5.11 Å². The fraction of sp³-hybridized carbons (Fsp3) is 0.312. The van der Waals surface area contributed by atoms with E-state index in [0.717, 1.165) is 25.2 Å². The lowest BCUT2D eigenvalue weighted by molar-refractivity contribution is 0.163. The number of aliphatic hydroxyl groups excluding tert-OH is 1. The van der Waals surface area contributed by atoms with Crippen LogP contribution >= 0.6 is 23.2 Å². The van der Waals surface area contributed by atoms with E-state index in [0.29, 0.717) is 22.2 Å². The summed E-state index contributed by atoms with van der Waals surface area (Å²) in [7, 11) is 0. The molecule has 0 fully saturated rings. The minimum Gasteiger partial charge on any atom is -0.493 e. The number of ether oxygens (including phenoxy) is 1. The van der Waals surface area contributed by atoms with E-state index in [4.69, 9.17) is 27.9 Å². The minimum atomic E-state index is -0.695. The van der Waals surface area contributed by atoms with Crippen molar-refractivity contribution < 1.29 is 9.84 Å². The molecule has 0 radical (unpaired) electrons. The van der Waals surface area contributed by atoms with Gasteiger partial charge in [-0.05, 0) is 36.1 Å². The zero-order valence-corrected chi connectivity index (χ0v) is 12.9. The van der Waals surface area contributed by atoms with E-state index < -0.39 is 6.10 Å². The normalized spacial score (nSPS) is 14.6. The highest BCUT2D eigenvalue weighted by Gasteiger charge is 2.15. The van der Waals surface area contributed by atoms with E-state index in [1.807, 2.05) is 12.1 Å². The summed E-state index contributed by atoms with van der Waals surface area (Å²) in [5.41, 5.74) is 2.90. The Balaban J connectivity index is 1.67. The van der Waals surface area contributed by atoms with Crippen LogP contribution in [0.2, 0.25) is 10.0 Å². The molecular weight excluding hydrogens is 309 g/mol. The van der Waals surface area contributed by atoms with Gasteiger partial charge in [0.25, 0.3) is 0 Å². The summed E-state index contributed by atoms with van der Waals surface area (Å²) >= 11 is 11.9. The average Bonchev–Trinajstić information content (AvgIpc) is 2.92. The molecule has 1 atom stereocenters. The van der Waals surface area contributed by atoms with Gasteiger partial charge in [-0.25, -0.2) is 0 Å². The predicted octanol–water partition coefficient (Wildman–Crippen LogP) is 3.99. The number of aliphatic hydroxyl groups is 1. The first-order chi connectivity index (χ1) is 10.1. The van der Waals surface area contributed by atoms with Crippen LogP contribution in [0.3, 0.4) is 0 Å². The monoisotopic (exact) mass is 323 g/mol. The molecule has 0 bridgehead atoms. The van der Waals surface area contributed by atoms with Gasteiger partial charge in [0.05, 0.1) is 28.5 Å². The maximum atomic E-state index is 10.2. The van der Waals surface area contributed by atoms with Crippen LogP contribution in [0.4, 0.5) is 0 Å². The molecule has 1 aromatic heterocycles. The first kappa shape index (κ1) is 14.6. The lowest BCUT2D eigenvalue weighted by Gasteiger charge is -2.12. The fourth-order valence-electron chi connectivity index (χ4n) is 2.51. The van der Waals surface area contributed by atoms with Crippen LogP contribution in [-0.2, 0) is 12.8 Å². The zero-order chi connectivity index (χ0) is 14.8. The quantitative estimate of drug-likeness (QED) is 0.925. The van der Waals surface area contributed by atoms with Crippen LogP contribution in [0, 0.1) is 0 Å². The van der Waals surface area contributed by atoms with Crippen LogP contribution in [-0.4, -0.2) is 16.7 Å². The summed E-state index contributed by atoms with van der Waals surface area (Å²) < 4.78 is 5.49. The molecule has 0 spiro atoms. The average molecular weight is 324 g/mol. The summed E-state index contributed by atoms with van der Waals surface area (Å²) in [6.45, 7) is 0.756. The predicted molar refractivity (Wildman–Crippen MR) is 83.2 cm³/mol. The Hall–Kier alpha value is -1.29. The standard InChI is InChI=1S/C16H15Cl2NO2/c17-12-8-13(18)16(19-9-12)14(20)3-1-10-2-4-15-11(7-10)5-6-21-15/h2,4,7-9,14,20H,1,3,5-6H2. The topological polar surface area (TPSA) is 42.4 Å². The van der Waals surface area contributed by atoms with Crippen molar-refractivity contribution in [3.8, 4) is 5.75 Å². The van der Waals surface area contributed by atoms with E-state index >= 15 is 0 Å². The van der Waals surface area contributed by atoms with Gasteiger partial charge in [0.1, 0.15) is 5.75 Å². The SMILES string of the molecule is OC(CCc1ccc2c(c1)CCO2)c1ncc(Cl)cc1Cl. The molecule has 0 saturated carbocycles. The van der Waals surface area contributed by atoms with Crippen LogP contribution in [0.15, 0.2) is 30.5 Å². The zero-order valence-electron chi connectivity index (χ0n) is 11.4. The van der Waals surface area contributed by atoms with E-state index in [2.05, 4.69) is 11.1 Å². The number of aryl methyl sites for hydroxylation is 1. The molecule has 1 unspecified atom stereocenters. The Bertz CT molecular complexity index is 661. The number of hydrogen-bond acceptors (Lipinski definition) is 3. The van der Waals surface area contributed by atoms with Gasteiger partial charge in [-0.2, -0.15) is 0 Å². The fourth-order valence-corrected chi connectivity index (χ4v) is 3.01. The molecular formula is C16H15Cl2NO2. The van der Waals surface area contributed by atoms with Gasteiger partial charge in [0.2, 0.25) is 0 Å². The largest absolute Gasteiger partial charge is 0.493 e. The van der Waals surface area contributed by atoms with E-state index in [1.165, 1.54) is 17.3 Å². The molecule has 1 aromatic carbocycles. The number of rotatable bonds is 4. The highest BCUT2D eigenvalue weighted by molar-refractivity contribution is 6.34. The van der Waals surface area contributed by atoms with Gasteiger partial charge in [-0.15, -0.1) is 0 Å². The van der Waals surface area contributed by atoms with Crippen molar-refractivity contribution >= 4 is 23.2 Å². The molecule has 2 heterocycles. The Kier molecular flexibility index (Phi) is 4.34. The molecule has 1 aliphatic rings. The van der Waals surface area contributed by atoms with Gasteiger partial charge >= 0.3 is 0 Å². The van der Waals surface area contributed by atoms with Crippen LogP contribution < -0.4 is 4.74 Å². The summed E-state index contributed by atoms with van der Waals surface area (Å²) in [4.78, 5) is 4.11. The lowest BCUT2D eigenvalue weighted by Crippen LogP contribution is -2.03. The lowest BCUT2D eigenvalue weighted by atomic mass is 10.0. The highest BCUT2D eigenvalue weighted by Crippen LogP contribution is 2.29. The van der Waals surface area contributed by atoms with Crippen molar-refractivity contribution in [2.24, 2.45) is 0 Å². The summed E-state index contributed by atoms with van der Waals surface area (Å²) in [6.07, 6.45) is 3.08.